The van der Waals surface area contributed by atoms with Gasteiger partial charge < -0.3 is 14.2 Å². The Morgan fingerprint density at radius 3 is 3.11 bits per heavy atom. The maximum Gasteiger partial charge on any atom is 0.134 e. The molecule has 4 nitrogen and oxygen atoms in total. The van der Waals surface area contributed by atoms with Crippen LogP contribution in [0.2, 0.25) is 0 Å². The minimum absolute atomic E-state index is 0.493. The average Bonchev–Trinajstić information content (AvgIpc) is 3.04. The highest BCUT2D eigenvalue weighted by atomic mass is 16.3. The summed E-state index contributed by atoms with van der Waals surface area (Å²) in [7, 11) is 0. The number of rotatable bonds is 4. The van der Waals surface area contributed by atoms with E-state index in [0.29, 0.717) is 12.8 Å². The molecule has 0 spiro atoms. The summed E-state index contributed by atoms with van der Waals surface area (Å²) < 4.78 is 5.70. The molecule has 4 heteroatoms. The monoisotopic (exact) mass is 240 g/mol. The number of furan rings is 1. The number of H-pyrrole nitrogens is 1. The van der Waals surface area contributed by atoms with Crippen molar-refractivity contribution in [1.29, 1.82) is 0 Å². The molecule has 0 amide bonds. The van der Waals surface area contributed by atoms with Crippen molar-refractivity contribution in [2.75, 3.05) is 0 Å². The van der Waals surface area contributed by atoms with Crippen LogP contribution in [0.5, 0.6) is 0 Å². The number of fused-ring (bicyclic) bond motifs is 1. The Morgan fingerprint density at radius 1 is 1.28 bits per heavy atom. The van der Waals surface area contributed by atoms with E-state index in [1.807, 2.05) is 30.3 Å². The van der Waals surface area contributed by atoms with Crippen molar-refractivity contribution >= 4 is 17.3 Å². The molecule has 0 saturated carbocycles. The number of aldehydes is 1. The molecule has 1 aromatic carbocycles. The van der Waals surface area contributed by atoms with Crippen molar-refractivity contribution in [1.82, 2.24) is 9.97 Å². The molecule has 18 heavy (non-hydrogen) atoms. The number of hydrogen-bond donors (Lipinski definition) is 1. The fraction of sp³-hybridized carbons (Fsp3) is 0.143. The van der Waals surface area contributed by atoms with E-state index >= 15 is 0 Å². The minimum atomic E-state index is 0.493. The summed E-state index contributed by atoms with van der Waals surface area (Å²) in [6.07, 6.45) is 3.72. The van der Waals surface area contributed by atoms with E-state index in [1.54, 1.807) is 6.33 Å². The SMILES string of the molecule is O=CCCc1ccc(-c2ccc3nc[nH]c3c2)o1. The van der Waals surface area contributed by atoms with Crippen LogP contribution in [0.25, 0.3) is 22.4 Å². The second-order valence-electron chi connectivity index (χ2n) is 4.11. The van der Waals surface area contributed by atoms with Crippen molar-refractivity contribution in [3.05, 3.63) is 42.4 Å². The zero-order valence-corrected chi connectivity index (χ0v) is 9.72. The van der Waals surface area contributed by atoms with Crippen LogP contribution < -0.4 is 0 Å². The third kappa shape index (κ3) is 1.93. The van der Waals surface area contributed by atoms with E-state index < -0.39 is 0 Å². The first kappa shape index (κ1) is 10.8. The molecule has 3 aromatic rings. The predicted molar refractivity (Wildman–Crippen MR) is 68.2 cm³/mol. The standard InChI is InChI=1S/C14H12N2O2/c17-7-1-2-11-4-6-14(18-11)10-3-5-12-13(8-10)16-9-15-12/h3-9H,1-2H2,(H,15,16). The van der Waals surface area contributed by atoms with Gasteiger partial charge in [-0.25, -0.2) is 4.98 Å². The Kier molecular flexibility index (Phi) is 2.68. The molecule has 2 heterocycles. The highest BCUT2D eigenvalue weighted by molar-refractivity contribution is 5.80. The minimum Gasteiger partial charge on any atom is -0.461 e. The van der Waals surface area contributed by atoms with Gasteiger partial charge in [0.25, 0.3) is 0 Å². The summed E-state index contributed by atoms with van der Waals surface area (Å²) >= 11 is 0. The van der Waals surface area contributed by atoms with E-state index in [2.05, 4.69) is 9.97 Å². The molecule has 0 aliphatic carbocycles. The largest absolute Gasteiger partial charge is 0.461 e. The Hall–Kier alpha value is -2.36. The molecule has 90 valence electrons. The zero-order valence-electron chi connectivity index (χ0n) is 9.72. The quantitative estimate of drug-likeness (QED) is 0.713. The Balaban J connectivity index is 1.92. The summed E-state index contributed by atoms with van der Waals surface area (Å²) in [6.45, 7) is 0. The summed E-state index contributed by atoms with van der Waals surface area (Å²) in [5.41, 5.74) is 2.92. The van der Waals surface area contributed by atoms with Gasteiger partial charge in [-0.3, -0.25) is 0 Å². The molecule has 0 atom stereocenters. The molecule has 0 unspecified atom stereocenters. The van der Waals surface area contributed by atoms with Gasteiger partial charge in [-0.15, -0.1) is 0 Å². The molecule has 0 aliphatic rings. The summed E-state index contributed by atoms with van der Waals surface area (Å²) in [5.74, 6) is 1.65. The Morgan fingerprint density at radius 2 is 2.22 bits per heavy atom. The lowest BCUT2D eigenvalue weighted by molar-refractivity contribution is -0.107. The molecular formula is C14H12N2O2. The molecule has 1 N–H and O–H groups in total. The molecule has 2 aromatic heterocycles. The number of aromatic amines is 1. The van der Waals surface area contributed by atoms with Crippen molar-refractivity contribution in [2.24, 2.45) is 0 Å². The first-order valence-corrected chi connectivity index (χ1v) is 5.82. The van der Waals surface area contributed by atoms with Gasteiger partial charge in [0.2, 0.25) is 0 Å². The summed E-state index contributed by atoms with van der Waals surface area (Å²) in [5, 5.41) is 0. The molecular weight excluding hydrogens is 228 g/mol. The van der Waals surface area contributed by atoms with Crippen molar-refractivity contribution < 1.29 is 9.21 Å². The second kappa shape index (κ2) is 4.49. The Bertz CT molecular complexity index is 682. The number of hydrogen-bond acceptors (Lipinski definition) is 3. The molecule has 0 fully saturated rings. The van der Waals surface area contributed by atoms with Gasteiger partial charge in [-0.05, 0) is 30.3 Å². The first-order valence-electron chi connectivity index (χ1n) is 5.82. The van der Waals surface area contributed by atoms with E-state index in [9.17, 15) is 4.79 Å². The van der Waals surface area contributed by atoms with E-state index in [-0.39, 0.29) is 0 Å². The van der Waals surface area contributed by atoms with Gasteiger partial charge in [-0.1, -0.05) is 0 Å². The first-order chi connectivity index (χ1) is 8.86. The van der Waals surface area contributed by atoms with Gasteiger partial charge >= 0.3 is 0 Å². The molecule has 0 bridgehead atoms. The number of carbonyl (C=O) groups excluding carboxylic acids is 1. The number of nitrogens with one attached hydrogen (secondary N) is 1. The highest BCUT2D eigenvalue weighted by Crippen LogP contribution is 2.25. The van der Waals surface area contributed by atoms with Gasteiger partial charge in [0.15, 0.2) is 0 Å². The number of nitrogens with zero attached hydrogens (tertiary/aromatic N) is 1. The normalized spacial score (nSPS) is 10.9. The third-order valence-corrected chi connectivity index (χ3v) is 2.87. The Labute approximate surface area is 104 Å². The van der Waals surface area contributed by atoms with Crippen LogP contribution in [0.1, 0.15) is 12.2 Å². The van der Waals surface area contributed by atoms with Crippen LogP contribution in [0.4, 0.5) is 0 Å². The van der Waals surface area contributed by atoms with E-state index in [1.165, 1.54) is 0 Å². The van der Waals surface area contributed by atoms with Crippen LogP contribution in [0, 0.1) is 0 Å². The van der Waals surface area contributed by atoms with Crippen LogP contribution in [0.3, 0.4) is 0 Å². The summed E-state index contributed by atoms with van der Waals surface area (Å²) in [6, 6.07) is 9.78. The maximum absolute atomic E-state index is 10.3. The lowest BCUT2D eigenvalue weighted by Crippen LogP contribution is -1.81. The van der Waals surface area contributed by atoms with Crippen LogP contribution >= 0.6 is 0 Å². The van der Waals surface area contributed by atoms with Crippen LogP contribution in [0.15, 0.2) is 41.1 Å². The van der Waals surface area contributed by atoms with Gasteiger partial charge in [0.1, 0.15) is 17.8 Å². The fourth-order valence-electron chi connectivity index (χ4n) is 1.96. The predicted octanol–water partition coefficient (Wildman–Crippen LogP) is 2.95. The fourth-order valence-corrected chi connectivity index (χ4v) is 1.96. The smallest absolute Gasteiger partial charge is 0.134 e. The van der Waals surface area contributed by atoms with E-state index in [0.717, 1.165) is 34.4 Å². The number of carbonyl (C=O) groups is 1. The number of aromatic nitrogens is 2. The molecule has 0 saturated heterocycles. The zero-order chi connectivity index (χ0) is 12.4. The third-order valence-electron chi connectivity index (χ3n) is 2.87. The van der Waals surface area contributed by atoms with Gasteiger partial charge in [-0.2, -0.15) is 0 Å². The van der Waals surface area contributed by atoms with Gasteiger partial charge in [0, 0.05) is 18.4 Å². The molecule has 0 radical (unpaired) electrons. The number of aryl methyl sites for hydroxylation is 1. The summed E-state index contributed by atoms with van der Waals surface area (Å²) in [4.78, 5) is 17.6. The van der Waals surface area contributed by atoms with Crippen molar-refractivity contribution in [3.63, 3.8) is 0 Å². The van der Waals surface area contributed by atoms with Crippen LogP contribution in [-0.4, -0.2) is 16.3 Å². The second-order valence-corrected chi connectivity index (χ2v) is 4.11. The molecule has 3 rings (SSSR count). The number of imidazole rings is 1. The van der Waals surface area contributed by atoms with Crippen molar-refractivity contribution in [3.8, 4) is 11.3 Å². The average molecular weight is 240 g/mol. The number of benzene rings is 1. The topological polar surface area (TPSA) is 58.9 Å². The highest BCUT2D eigenvalue weighted by Gasteiger charge is 2.06. The van der Waals surface area contributed by atoms with E-state index in [4.69, 9.17) is 4.42 Å². The van der Waals surface area contributed by atoms with Crippen LogP contribution in [-0.2, 0) is 11.2 Å². The lowest BCUT2D eigenvalue weighted by atomic mass is 10.1. The molecule has 0 aliphatic heterocycles. The van der Waals surface area contributed by atoms with Gasteiger partial charge in [0.05, 0.1) is 17.4 Å². The maximum atomic E-state index is 10.3. The van der Waals surface area contributed by atoms with Crippen molar-refractivity contribution in [2.45, 2.75) is 12.8 Å². The lowest BCUT2D eigenvalue weighted by Gasteiger charge is -1.97.